The van der Waals surface area contributed by atoms with Gasteiger partial charge in [-0.15, -0.1) is 0 Å². The van der Waals surface area contributed by atoms with Gasteiger partial charge in [-0.25, -0.2) is 12.7 Å². The molecule has 1 N–H and O–H groups in total. The van der Waals surface area contributed by atoms with Crippen LogP contribution in [-0.2, 0) is 21.2 Å². The Kier molecular flexibility index (Phi) is 5.40. The maximum absolute atomic E-state index is 12.4. The van der Waals surface area contributed by atoms with Gasteiger partial charge in [0.1, 0.15) is 0 Å². The molecule has 21 heavy (non-hydrogen) atoms. The molecule has 1 fully saturated rings. The normalized spacial score (nSPS) is 20.3. The van der Waals surface area contributed by atoms with Crippen molar-refractivity contribution >= 4 is 31.9 Å². The second-order valence-electron chi connectivity index (χ2n) is 5.19. The highest BCUT2D eigenvalue weighted by atomic mass is 79.9. The van der Waals surface area contributed by atoms with E-state index in [9.17, 15) is 13.2 Å². The molecule has 1 aliphatic rings. The van der Waals surface area contributed by atoms with Crippen LogP contribution in [0.3, 0.4) is 0 Å². The van der Waals surface area contributed by atoms with E-state index in [0.29, 0.717) is 25.8 Å². The van der Waals surface area contributed by atoms with Gasteiger partial charge in [0, 0.05) is 17.6 Å². The van der Waals surface area contributed by atoms with E-state index in [1.54, 1.807) is 0 Å². The Morgan fingerprint density at radius 2 is 2.10 bits per heavy atom. The molecule has 0 saturated carbocycles. The number of sulfonamides is 1. The number of rotatable bonds is 5. The Hall–Kier alpha value is -0.920. The van der Waals surface area contributed by atoms with Gasteiger partial charge in [-0.3, -0.25) is 4.79 Å². The topological polar surface area (TPSA) is 74.7 Å². The number of hydrogen-bond donors (Lipinski definition) is 1. The minimum absolute atomic E-state index is 0.00194. The summed E-state index contributed by atoms with van der Waals surface area (Å²) in [6.07, 6.45) is 1.56. The fourth-order valence-corrected chi connectivity index (χ4v) is 4.50. The standard InChI is InChI=1S/C14H18BrNO4S/c15-13-6-2-1-4-11(13)7-9-21(19,20)16-8-3-5-12(10-16)14(17)18/h1-2,4,6,12H,3,5,7-10H2,(H,17,18). The van der Waals surface area contributed by atoms with Gasteiger partial charge in [0.2, 0.25) is 10.0 Å². The first kappa shape index (κ1) is 16.5. The van der Waals surface area contributed by atoms with Crippen molar-refractivity contribution in [1.29, 1.82) is 0 Å². The van der Waals surface area contributed by atoms with Crippen LogP contribution < -0.4 is 0 Å². The lowest BCUT2D eigenvalue weighted by molar-refractivity contribution is -0.142. The van der Waals surface area contributed by atoms with Crippen molar-refractivity contribution < 1.29 is 18.3 Å². The third kappa shape index (κ3) is 4.28. The molecule has 1 heterocycles. The van der Waals surface area contributed by atoms with Crippen molar-refractivity contribution in [2.75, 3.05) is 18.8 Å². The van der Waals surface area contributed by atoms with E-state index in [-0.39, 0.29) is 12.3 Å². The first-order valence-corrected chi connectivity index (χ1v) is 9.24. The van der Waals surface area contributed by atoms with E-state index >= 15 is 0 Å². The van der Waals surface area contributed by atoms with Gasteiger partial charge in [-0.05, 0) is 30.9 Å². The highest BCUT2D eigenvalue weighted by Gasteiger charge is 2.31. The fourth-order valence-electron chi connectivity index (χ4n) is 2.47. The minimum atomic E-state index is -3.42. The molecular formula is C14H18BrNO4S. The molecule has 0 spiro atoms. The number of halogens is 1. The third-order valence-electron chi connectivity index (χ3n) is 3.71. The van der Waals surface area contributed by atoms with Crippen molar-refractivity contribution in [3.8, 4) is 0 Å². The summed E-state index contributed by atoms with van der Waals surface area (Å²) in [5.41, 5.74) is 0.938. The molecule has 0 bridgehead atoms. The maximum atomic E-state index is 12.4. The number of aliphatic carboxylic acids is 1. The predicted molar refractivity (Wildman–Crippen MR) is 83.6 cm³/mol. The number of aryl methyl sites for hydroxylation is 1. The second-order valence-corrected chi connectivity index (χ2v) is 8.14. The lowest BCUT2D eigenvalue weighted by Crippen LogP contribution is -2.43. The van der Waals surface area contributed by atoms with Gasteiger partial charge >= 0.3 is 5.97 Å². The van der Waals surface area contributed by atoms with Gasteiger partial charge in [0.05, 0.1) is 11.7 Å². The van der Waals surface area contributed by atoms with Gasteiger partial charge in [-0.2, -0.15) is 0 Å². The third-order valence-corrected chi connectivity index (χ3v) is 6.33. The molecule has 0 radical (unpaired) electrons. The summed E-state index contributed by atoms with van der Waals surface area (Å²) in [6, 6.07) is 7.51. The number of carboxylic acids is 1. The van der Waals surface area contributed by atoms with E-state index in [1.165, 1.54) is 4.31 Å². The molecule has 5 nitrogen and oxygen atoms in total. The average Bonchev–Trinajstić information content (AvgIpc) is 2.46. The van der Waals surface area contributed by atoms with E-state index in [2.05, 4.69) is 15.9 Å². The molecule has 2 rings (SSSR count). The largest absolute Gasteiger partial charge is 0.481 e. The van der Waals surface area contributed by atoms with Crippen molar-refractivity contribution in [2.45, 2.75) is 19.3 Å². The number of benzene rings is 1. The van der Waals surface area contributed by atoms with Gasteiger partial charge in [0.25, 0.3) is 0 Å². The number of piperidine rings is 1. The summed E-state index contributed by atoms with van der Waals surface area (Å²) < 4.78 is 26.9. The molecule has 0 aliphatic carbocycles. The Balaban J connectivity index is 2.01. The molecule has 1 aromatic rings. The van der Waals surface area contributed by atoms with Crippen LogP contribution in [0.15, 0.2) is 28.7 Å². The molecule has 1 atom stereocenters. The molecule has 1 aliphatic heterocycles. The maximum Gasteiger partial charge on any atom is 0.307 e. The summed E-state index contributed by atoms with van der Waals surface area (Å²) >= 11 is 3.40. The Morgan fingerprint density at radius 3 is 2.76 bits per heavy atom. The smallest absolute Gasteiger partial charge is 0.307 e. The number of carboxylic acid groups (broad SMARTS) is 1. The van der Waals surface area contributed by atoms with Crippen LogP contribution in [0.1, 0.15) is 18.4 Å². The fraction of sp³-hybridized carbons (Fsp3) is 0.500. The van der Waals surface area contributed by atoms with Crippen LogP contribution >= 0.6 is 15.9 Å². The van der Waals surface area contributed by atoms with Crippen molar-refractivity contribution in [3.63, 3.8) is 0 Å². The van der Waals surface area contributed by atoms with E-state index in [4.69, 9.17) is 5.11 Å². The van der Waals surface area contributed by atoms with Crippen molar-refractivity contribution in [3.05, 3.63) is 34.3 Å². The summed E-state index contributed by atoms with van der Waals surface area (Å²) in [6.45, 7) is 0.510. The zero-order valence-electron chi connectivity index (χ0n) is 11.5. The molecule has 0 amide bonds. The number of nitrogens with zero attached hydrogens (tertiary/aromatic N) is 1. The molecule has 1 aromatic carbocycles. The quantitative estimate of drug-likeness (QED) is 0.854. The highest BCUT2D eigenvalue weighted by molar-refractivity contribution is 9.10. The molecular weight excluding hydrogens is 358 g/mol. The molecule has 1 unspecified atom stereocenters. The molecule has 1 saturated heterocycles. The van der Waals surface area contributed by atoms with Crippen LogP contribution in [0.2, 0.25) is 0 Å². The summed E-state index contributed by atoms with van der Waals surface area (Å²) in [5, 5.41) is 9.04. The number of carbonyl (C=O) groups is 1. The Morgan fingerprint density at radius 1 is 1.38 bits per heavy atom. The van der Waals surface area contributed by atoms with Crippen LogP contribution in [-0.4, -0.2) is 42.6 Å². The molecule has 7 heteroatoms. The molecule has 116 valence electrons. The van der Waals surface area contributed by atoms with Crippen LogP contribution in [0.25, 0.3) is 0 Å². The average molecular weight is 376 g/mol. The predicted octanol–water partition coefficient (Wildman–Crippen LogP) is 2.12. The van der Waals surface area contributed by atoms with Gasteiger partial charge in [-0.1, -0.05) is 34.1 Å². The first-order chi connectivity index (χ1) is 9.90. The van der Waals surface area contributed by atoms with E-state index in [1.807, 2.05) is 24.3 Å². The van der Waals surface area contributed by atoms with E-state index < -0.39 is 21.9 Å². The number of hydrogen-bond acceptors (Lipinski definition) is 3. The van der Waals surface area contributed by atoms with Crippen LogP contribution in [0.5, 0.6) is 0 Å². The van der Waals surface area contributed by atoms with E-state index in [0.717, 1.165) is 10.0 Å². The molecule has 0 aromatic heterocycles. The monoisotopic (exact) mass is 375 g/mol. The minimum Gasteiger partial charge on any atom is -0.481 e. The Labute approximate surface area is 133 Å². The second kappa shape index (κ2) is 6.89. The summed E-state index contributed by atoms with van der Waals surface area (Å²) in [4.78, 5) is 11.0. The first-order valence-electron chi connectivity index (χ1n) is 6.84. The zero-order valence-corrected chi connectivity index (χ0v) is 13.9. The SMILES string of the molecule is O=C(O)C1CCCN(S(=O)(=O)CCc2ccccc2Br)C1. The Bertz CT molecular complexity index is 617. The van der Waals surface area contributed by atoms with Gasteiger partial charge in [0.15, 0.2) is 0 Å². The van der Waals surface area contributed by atoms with Crippen LogP contribution in [0, 0.1) is 5.92 Å². The van der Waals surface area contributed by atoms with Crippen LogP contribution in [0.4, 0.5) is 0 Å². The summed E-state index contributed by atoms with van der Waals surface area (Å²) in [5.74, 6) is -1.50. The zero-order chi connectivity index (χ0) is 15.5. The van der Waals surface area contributed by atoms with Gasteiger partial charge < -0.3 is 5.11 Å². The lowest BCUT2D eigenvalue weighted by atomic mass is 10.0. The highest BCUT2D eigenvalue weighted by Crippen LogP contribution is 2.21. The van der Waals surface area contributed by atoms with Crippen molar-refractivity contribution in [2.24, 2.45) is 5.92 Å². The van der Waals surface area contributed by atoms with Crippen molar-refractivity contribution in [1.82, 2.24) is 4.31 Å². The lowest BCUT2D eigenvalue weighted by Gasteiger charge is -2.29. The summed E-state index contributed by atoms with van der Waals surface area (Å²) in [7, 11) is -3.42.